The highest BCUT2D eigenvalue weighted by Crippen LogP contribution is 2.45. The van der Waals surface area contributed by atoms with Crippen molar-refractivity contribution in [1.82, 2.24) is 20.0 Å². The first kappa shape index (κ1) is 37.4. The highest BCUT2D eigenvalue weighted by atomic mass is 35.5. The van der Waals surface area contributed by atoms with Gasteiger partial charge in [0.05, 0.1) is 34.7 Å². The average molecular weight is 759 g/mol. The number of imide groups is 1. The average Bonchev–Trinajstić information content (AvgIpc) is 3.63. The molecule has 1 saturated heterocycles. The number of rotatable bonds is 13. The summed E-state index contributed by atoms with van der Waals surface area (Å²) < 4.78 is 14.1. The molecule has 10 nitrogen and oxygen atoms in total. The molecule has 1 unspecified atom stereocenters. The second-order valence-electron chi connectivity index (χ2n) is 14.2. The SMILES string of the molecule is C=C1CCC(N2C(=O)c3cccc(OCCCCCc4ccc(COc5ccc(-c6cc(C)nn6C)c(O)c5-c5ccc(Cl)c(C)c5)cc4)c3C2=O)C(=O)N1. The van der Waals surface area contributed by atoms with Crippen LogP contribution in [0.4, 0.5) is 0 Å². The largest absolute Gasteiger partial charge is 0.506 e. The summed E-state index contributed by atoms with van der Waals surface area (Å²) in [7, 11) is 1.86. The van der Waals surface area contributed by atoms with E-state index in [0.29, 0.717) is 59.4 Å². The van der Waals surface area contributed by atoms with Gasteiger partial charge >= 0.3 is 0 Å². The molecule has 282 valence electrons. The molecule has 2 aliphatic rings. The first-order chi connectivity index (χ1) is 26.5. The number of piperidine rings is 1. The molecule has 3 amide bonds. The number of fused-ring (bicyclic) bond motifs is 1. The number of phenols is 1. The van der Waals surface area contributed by atoms with E-state index in [-0.39, 0.29) is 16.9 Å². The topological polar surface area (TPSA) is 123 Å². The van der Waals surface area contributed by atoms with E-state index in [9.17, 15) is 19.5 Å². The number of carbonyl (C=O) groups is 3. The maximum atomic E-state index is 13.4. The Kier molecular flexibility index (Phi) is 10.8. The second-order valence-corrected chi connectivity index (χ2v) is 14.6. The molecule has 3 heterocycles. The minimum atomic E-state index is -0.862. The zero-order valence-corrected chi connectivity index (χ0v) is 31.9. The molecular formula is C44H43ClN4O6. The summed E-state index contributed by atoms with van der Waals surface area (Å²) in [5.74, 6) is -0.330. The molecule has 4 aromatic carbocycles. The Labute approximate surface area is 325 Å². The number of nitrogens with one attached hydrogen (secondary N) is 1. The van der Waals surface area contributed by atoms with Crippen molar-refractivity contribution >= 4 is 29.3 Å². The van der Waals surface area contributed by atoms with Crippen molar-refractivity contribution in [2.75, 3.05) is 6.61 Å². The number of hydrogen-bond donors (Lipinski definition) is 2. The first-order valence-electron chi connectivity index (χ1n) is 18.5. The van der Waals surface area contributed by atoms with Crippen molar-refractivity contribution in [2.24, 2.45) is 7.05 Å². The molecule has 2 N–H and O–H groups in total. The molecule has 0 spiro atoms. The molecule has 0 bridgehead atoms. The van der Waals surface area contributed by atoms with E-state index in [1.807, 2.05) is 57.3 Å². The standard InChI is InChI=1S/C44H43ClN4O6/c1-26-23-31(17-19-34(26)45)39-38(21-18-32(41(39)50)36-24-28(3)47-48(36)4)55-25-30-15-13-29(14-16-30)9-6-5-7-22-54-37-11-8-10-33-40(37)44(53)49(43(33)52)35-20-12-27(2)46-42(35)51/h8,10-11,13-19,21,23-24,35,50H,2,5-7,9,12,20,22,25H2,1,3-4H3,(H,46,51). The zero-order valence-electron chi connectivity index (χ0n) is 31.2. The van der Waals surface area contributed by atoms with Gasteiger partial charge < -0.3 is 19.9 Å². The van der Waals surface area contributed by atoms with Crippen molar-refractivity contribution in [3.63, 3.8) is 0 Å². The van der Waals surface area contributed by atoms with Gasteiger partial charge in [0, 0.05) is 23.3 Å². The van der Waals surface area contributed by atoms with Gasteiger partial charge in [-0.2, -0.15) is 5.10 Å². The van der Waals surface area contributed by atoms with Gasteiger partial charge in [0.2, 0.25) is 5.91 Å². The predicted octanol–water partition coefficient (Wildman–Crippen LogP) is 8.49. The molecule has 7 rings (SSSR count). The maximum Gasteiger partial charge on any atom is 0.266 e. The third-order valence-corrected chi connectivity index (χ3v) is 10.6. The van der Waals surface area contributed by atoms with E-state index in [0.717, 1.165) is 58.7 Å². The van der Waals surface area contributed by atoms with Crippen molar-refractivity contribution in [2.45, 2.75) is 65.0 Å². The van der Waals surface area contributed by atoms with Crippen LogP contribution in [0.25, 0.3) is 22.4 Å². The number of allylic oxidation sites excluding steroid dienone is 1. The van der Waals surface area contributed by atoms with Crippen LogP contribution >= 0.6 is 11.6 Å². The van der Waals surface area contributed by atoms with Crippen molar-refractivity contribution < 1.29 is 29.0 Å². The number of hydrogen-bond acceptors (Lipinski definition) is 7. The summed E-state index contributed by atoms with van der Waals surface area (Å²) in [6.45, 7) is 8.35. The highest BCUT2D eigenvalue weighted by molar-refractivity contribution is 6.31. The zero-order chi connectivity index (χ0) is 38.8. The number of carbonyl (C=O) groups excluding carboxylic acids is 3. The van der Waals surface area contributed by atoms with Crippen LogP contribution in [-0.4, -0.2) is 50.2 Å². The van der Waals surface area contributed by atoms with Crippen molar-refractivity contribution in [3.8, 4) is 39.6 Å². The molecule has 0 aliphatic carbocycles. The van der Waals surface area contributed by atoms with E-state index in [2.05, 4.69) is 41.3 Å². The number of halogens is 1. The molecule has 5 aromatic rings. The van der Waals surface area contributed by atoms with Crippen LogP contribution in [0.1, 0.15) is 75.2 Å². The smallest absolute Gasteiger partial charge is 0.266 e. The quantitative estimate of drug-likeness (QED) is 0.0912. The number of phenolic OH excluding ortho intramolecular Hbond substituents is 1. The minimum absolute atomic E-state index is 0.114. The number of aromatic hydroxyl groups is 1. The summed E-state index contributed by atoms with van der Waals surface area (Å²) in [5, 5.41) is 19.4. The van der Waals surface area contributed by atoms with Gasteiger partial charge in [0.15, 0.2) is 0 Å². The molecule has 0 saturated carbocycles. The fourth-order valence-electron chi connectivity index (χ4n) is 7.28. The number of unbranched alkanes of at least 4 members (excludes halogenated alkanes) is 2. The molecule has 55 heavy (non-hydrogen) atoms. The Bertz CT molecular complexity index is 2310. The van der Waals surface area contributed by atoms with Crippen LogP contribution in [0, 0.1) is 13.8 Å². The number of nitrogens with zero attached hydrogens (tertiary/aromatic N) is 3. The molecule has 2 aliphatic heterocycles. The third kappa shape index (κ3) is 7.73. The Morgan fingerprint density at radius 3 is 2.36 bits per heavy atom. The summed E-state index contributed by atoms with van der Waals surface area (Å²) in [5.41, 5.74) is 7.88. The van der Waals surface area contributed by atoms with Crippen LogP contribution in [-0.2, 0) is 24.9 Å². The van der Waals surface area contributed by atoms with Gasteiger partial charge in [-0.25, -0.2) is 0 Å². The summed E-state index contributed by atoms with van der Waals surface area (Å²) in [6, 6.07) is 23.8. The summed E-state index contributed by atoms with van der Waals surface area (Å²) in [4.78, 5) is 40.1. The number of amides is 3. The van der Waals surface area contributed by atoms with E-state index < -0.39 is 23.8 Å². The Morgan fingerprint density at radius 1 is 0.873 bits per heavy atom. The molecule has 11 heteroatoms. The van der Waals surface area contributed by atoms with Gasteiger partial charge in [-0.15, -0.1) is 0 Å². The monoisotopic (exact) mass is 758 g/mol. The number of aromatic nitrogens is 2. The molecular weight excluding hydrogens is 716 g/mol. The van der Waals surface area contributed by atoms with Crippen LogP contribution in [0.15, 0.2) is 91.1 Å². The highest BCUT2D eigenvalue weighted by Gasteiger charge is 2.45. The lowest BCUT2D eigenvalue weighted by atomic mass is 9.97. The summed E-state index contributed by atoms with van der Waals surface area (Å²) >= 11 is 6.34. The van der Waals surface area contributed by atoms with Gasteiger partial charge in [-0.3, -0.25) is 24.0 Å². The molecule has 1 aromatic heterocycles. The molecule has 1 atom stereocenters. The Balaban J connectivity index is 0.927. The van der Waals surface area contributed by atoms with E-state index in [1.165, 1.54) is 5.56 Å². The van der Waals surface area contributed by atoms with Crippen LogP contribution in [0.5, 0.6) is 17.2 Å². The van der Waals surface area contributed by atoms with Gasteiger partial charge in [-0.05, 0) is 117 Å². The fourth-order valence-corrected chi connectivity index (χ4v) is 7.40. The normalized spacial score (nSPS) is 15.3. The van der Waals surface area contributed by atoms with Crippen LogP contribution in [0.3, 0.4) is 0 Å². The number of aryl methyl sites for hydroxylation is 4. The van der Waals surface area contributed by atoms with E-state index in [4.69, 9.17) is 21.1 Å². The van der Waals surface area contributed by atoms with Crippen molar-refractivity contribution in [3.05, 3.63) is 130 Å². The predicted molar refractivity (Wildman–Crippen MR) is 211 cm³/mol. The van der Waals surface area contributed by atoms with Gasteiger partial charge in [0.1, 0.15) is 29.9 Å². The fraction of sp³-hybridized carbons (Fsp3) is 0.273. The Morgan fingerprint density at radius 2 is 1.64 bits per heavy atom. The van der Waals surface area contributed by atoms with Gasteiger partial charge in [-0.1, -0.05) is 54.6 Å². The maximum absolute atomic E-state index is 13.4. The Hall–Kier alpha value is -5.87. The number of ether oxygens (including phenoxy) is 2. The van der Waals surface area contributed by atoms with Crippen LogP contribution < -0.4 is 14.8 Å². The number of benzene rings is 4. The summed E-state index contributed by atoms with van der Waals surface area (Å²) in [6.07, 6.45) is 4.38. The third-order valence-electron chi connectivity index (χ3n) is 10.2. The van der Waals surface area contributed by atoms with Crippen LogP contribution in [0.2, 0.25) is 5.02 Å². The minimum Gasteiger partial charge on any atom is -0.506 e. The van der Waals surface area contributed by atoms with Gasteiger partial charge in [0.25, 0.3) is 11.8 Å². The molecule has 0 radical (unpaired) electrons. The van der Waals surface area contributed by atoms with Crippen molar-refractivity contribution in [1.29, 1.82) is 0 Å². The lowest BCUT2D eigenvalue weighted by Crippen LogP contribution is -2.51. The second kappa shape index (κ2) is 15.8. The first-order valence-corrected chi connectivity index (χ1v) is 18.8. The van der Waals surface area contributed by atoms with E-state index in [1.54, 1.807) is 22.9 Å². The lowest BCUT2D eigenvalue weighted by molar-refractivity contribution is -0.125. The van der Waals surface area contributed by atoms with E-state index >= 15 is 0 Å². The molecule has 1 fully saturated rings. The lowest BCUT2D eigenvalue weighted by Gasteiger charge is -2.29.